The van der Waals surface area contributed by atoms with E-state index in [1.54, 1.807) is 12.1 Å². The van der Waals surface area contributed by atoms with Crippen LogP contribution in [0.15, 0.2) is 36.4 Å². The lowest BCUT2D eigenvalue weighted by atomic mass is 9.96. The number of hydrogen-bond donors (Lipinski definition) is 1. The van der Waals surface area contributed by atoms with Crippen molar-refractivity contribution < 1.29 is 14.0 Å². The number of halogens is 1. The molecule has 1 N–H and O–H groups in total. The quantitative estimate of drug-likeness (QED) is 0.943. The zero-order valence-electron chi connectivity index (χ0n) is 13.1. The van der Waals surface area contributed by atoms with E-state index in [0.29, 0.717) is 18.5 Å². The van der Waals surface area contributed by atoms with Crippen LogP contribution in [0.1, 0.15) is 33.5 Å². The van der Waals surface area contributed by atoms with Gasteiger partial charge >= 0.3 is 0 Å². The summed E-state index contributed by atoms with van der Waals surface area (Å²) in [6, 6.07) is 9.77. The summed E-state index contributed by atoms with van der Waals surface area (Å²) in [7, 11) is 0. The molecule has 2 aromatic rings. The molecule has 4 nitrogen and oxygen atoms in total. The highest BCUT2D eigenvalue weighted by Gasteiger charge is 2.32. The Morgan fingerprint density at radius 1 is 1.17 bits per heavy atom. The number of aryl methyl sites for hydroxylation is 1. The van der Waals surface area contributed by atoms with Crippen molar-refractivity contribution >= 4 is 17.5 Å². The molecule has 0 fully saturated rings. The normalized spacial score (nSPS) is 15.4. The molecule has 2 heterocycles. The number of benzene rings is 2. The molecule has 24 heavy (non-hydrogen) atoms. The van der Waals surface area contributed by atoms with Gasteiger partial charge in [0, 0.05) is 18.7 Å². The Labute approximate surface area is 139 Å². The molecule has 0 spiro atoms. The Bertz CT molecular complexity index is 830. The second-order valence-electron chi connectivity index (χ2n) is 6.28. The van der Waals surface area contributed by atoms with Crippen LogP contribution in [0.2, 0.25) is 0 Å². The molecular weight excluding hydrogens is 307 g/mol. The average molecular weight is 324 g/mol. The Hall–Kier alpha value is -2.69. The van der Waals surface area contributed by atoms with Crippen molar-refractivity contribution in [2.45, 2.75) is 25.8 Å². The molecule has 0 unspecified atom stereocenters. The van der Waals surface area contributed by atoms with E-state index < -0.39 is 0 Å². The van der Waals surface area contributed by atoms with Crippen molar-refractivity contribution in [3.05, 3.63) is 64.5 Å². The second kappa shape index (κ2) is 5.74. The summed E-state index contributed by atoms with van der Waals surface area (Å²) >= 11 is 0. The van der Waals surface area contributed by atoms with Gasteiger partial charge in [-0.3, -0.25) is 9.59 Å². The molecule has 0 bridgehead atoms. The first kappa shape index (κ1) is 14.9. The van der Waals surface area contributed by atoms with Crippen LogP contribution in [-0.4, -0.2) is 18.4 Å². The van der Waals surface area contributed by atoms with Crippen LogP contribution in [-0.2, 0) is 24.2 Å². The van der Waals surface area contributed by atoms with Crippen molar-refractivity contribution in [2.24, 2.45) is 0 Å². The summed E-state index contributed by atoms with van der Waals surface area (Å²) in [5, 5.41) is 2.86. The van der Waals surface area contributed by atoms with Crippen molar-refractivity contribution in [2.75, 3.05) is 11.4 Å². The molecule has 0 atom stereocenters. The fraction of sp³-hybridized carbons (Fsp3) is 0.263. The molecule has 4 rings (SSSR count). The van der Waals surface area contributed by atoms with E-state index in [1.165, 1.54) is 12.1 Å². The highest BCUT2D eigenvalue weighted by molar-refractivity contribution is 6.04. The average Bonchev–Trinajstić information content (AvgIpc) is 2.91. The maximum Gasteiger partial charge on any atom is 0.251 e. The van der Waals surface area contributed by atoms with Crippen molar-refractivity contribution in [3.63, 3.8) is 0 Å². The van der Waals surface area contributed by atoms with Crippen LogP contribution in [0.25, 0.3) is 0 Å². The monoisotopic (exact) mass is 324 g/mol. The molecule has 122 valence electrons. The number of hydrogen-bond acceptors (Lipinski definition) is 2. The largest absolute Gasteiger partial charge is 0.348 e. The van der Waals surface area contributed by atoms with Gasteiger partial charge in [0.25, 0.3) is 5.91 Å². The van der Waals surface area contributed by atoms with Gasteiger partial charge in [-0.05, 0) is 53.8 Å². The first-order valence-electron chi connectivity index (χ1n) is 8.10. The topological polar surface area (TPSA) is 49.4 Å². The smallest absolute Gasteiger partial charge is 0.251 e. The van der Waals surface area contributed by atoms with E-state index in [-0.39, 0.29) is 17.6 Å². The summed E-state index contributed by atoms with van der Waals surface area (Å²) in [5.74, 6) is -0.346. The number of carbonyl (C=O) groups excluding carboxylic acids is 2. The molecule has 0 saturated carbocycles. The first-order valence-corrected chi connectivity index (χ1v) is 8.10. The fourth-order valence-corrected chi connectivity index (χ4v) is 3.50. The van der Waals surface area contributed by atoms with Gasteiger partial charge in [0.1, 0.15) is 5.82 Å². The fourth-order valence-electron chi connectivity index (χ4n) is 3.50. The minimum absolute atomic E-state index is 0.120. The Balaban J connectivity index is 1.54. The second-order valence-corrected chi connectivity index (χ2v) is 6.28. The predicted molar refractivity (Wildman–Crippen MR) is 88.4 cm³/mol. The SMILES string of the molecule is O=C(NCc1ccc(F)cc1)c1cc2c3c(c1)CC(=O)N3CCC2. The zero-order chi connectivity index (χ0) is 16.7. The van der Waals surface area contributed by atoms with Crippen LogP contribution in [0.4, 0.5) is 10.1 Å². The van der Waals surface area contributed by atoms with E-state index in [4.69, 9.17) is 0 Å². The molecule has 2 amide bonds. The molecule has 2 aromatic carbocycles. The molecule has 2 aliphatic heterocycles. The Kier molecular flexibility index (Phi) is 3.56. The summed E-state index contributed by atoms with van der Waals surface area (Å²) in [5.41, 5.74) is 4.47. The van der Waals surface area contributed by atoms with Gasteiger partial charge in [-0.2, -0.15) is 0 Å². The van der Waals surface area contributed by atoms with E-state index >= 15 is 0 Å². The number of amides is 2. The predicted octanol–water partition coefficient (Wildman–Crippen LogP) is 2.59. The van der Waals surface area contributed by atoms with Gasteiger partial charge in [-0.15, -0.1) is 0 Å². The number of nitrogens with zero attached hydrogens (tertiary/aromatic N) is 1. The van der Waals surface area contributed by atoms with Crippen LogP contribution in [0.3, 0.4) is 0 Å². The molecule has 0 radical (unpaired) electrons. The maximum absolute atomic E-state index is 12.9. The van der Waals surface area contributed by atoms with Crippen molar-refractivity contribution in [1.82, 2.24) is 5.32 Å². The van der Waals surface area contributed by atoms with Crippen LogP contribution >= 0.6 is 0 Å². The third-order valence-electron chi connectivity index (χ3n) is 4.64. The first-order chi connectivity index (χ1) is 11.6. The zero-order valence-corrected chi connectivity index (χ0v) is 13.1. The van der Waals surface area contributed by atoms with Crippen LogP contribution in [0, 0.1) is 5.82 Å². The molecule has 0 aliphatic carbocycles. The molecule has 0 aromatic heterocycles. The lowest BCUT2D eigenvalue weighted by Crippen LogP contribution is -2.31. The van der Waals surface area contributed by atoms with Gasteiger partial charge in [0.05, 0.1) is 12.1 Å². The summed E-state index contributed by atoms with van der Waals surface area (Å²) in [6.07, 6.45) is 2.20. The molecule has 5 heteroatoms. The number of anilines is 1. The van der Waals surface area contributed by atoms with Crippen molar-refractivity contribution in [3.8, 4) is 0 Å². The third kappa shape index (κ3) is 2.56. The van der Waals surface area contributed by atoms with Gasteiger partial charge in [-0.25, -0.2) is 4.39 Å². The molecular formula is C19H17FN2O2. The minimum Gasteiger partial charge on any atom is -0.348 e. The van der Waals surface area contributed by atoms with E-state index in [9.17, 15) is 14.0 Å². The Morgan fingerprint density at radius 3 is 2.71 bits per heavy atom. The summed E-state index contributed by atoms with van der Waals surface area (Å²) in [6.45, 7) is 1.12. The maximum atomic E-state index is 12.9. The minimum atomic E-state index is -0.294. The standard InChI is InChI=1S/C19H17FN2O2/c20-16-5-3-12(4-6-16)11-21-19(24)15-8-13-2-1-7-22-17(23)10-14(9-15)18(13)22/h3-6,8-9H,1-2,7,10-11H2,(H,21,24). The van der Waals surface area contributed by atoms with Gasteiger partial charge in [0.2, 0.25) is 5.91 Å². The van der Waals surface area contributed by atoms with Crippen LogP contribution < -0.4 is 10.2 Å². The molecule has 2 aliphatic rings. The summed E-state index contributed by atoms with van der Waals surface area (Å²) in [4.78, 5) is 26.4. The Morgan fingerprint density at radius 2 is 1.92 bits per heavy atom. The van der Waals surface area contributed by atoms with Crippen molar-refractivity contribution in [1.29, 1.82) is 0 Å². The van der Waals surface area contributed by atoms with Crippen LogP contribution in [0.5, 0.6) is 0 Å². The highest BCUT2D eigenvalue weighted by Crippen LogP contribution is 2.37. The molecule has 0 saturated heterocycles. The van der Waals surface area contributed by atoms with E-state index in [0.717, 1.165) is 41.8 Å². The number of rotatable bonds is 3. The number of nitrogens with one attached hydrogen (secondary N) is 1. The van der Waals surface area contributed by atoms with E-state index in [2.05, 4.69) is 5.32 Å². The van der Waals surface area contributed by atoms with Gasteiger partial charge < -0.3 is 10.2 Å². The van der Waals surface area contributed by atoms with Gasteiger partial charge in [0.15, 0.2) is 0 Å². The lowest BCUT2D eigenvalue weighted by molar-refractivity contribution is -0.117. The van der Waals surface area contributed by atoms with Gasteiger partial charge in [-0.1, -0.05) is 12.1 Å². The third-order valence-corrected chi connectivity index (χ3v) is 4.64. The number of carbonyl (C=O) groups is 2. The lowest BCUT2D eigenvalue weighted by Gasteiger charge is -2.25. The summed E-state index contributed by atoms with van der Waals surface area (Å²) < 4.78 is 12.9. The van der Waals surface area contributed by atoms with E-state index in [1.807, 2.05) is 17.0 Å². The highest BCUT2D eigenvalue weighted by atomic mass is 19.1.